The molecule has 2 N–H and O–H groups in total. The molecule has 0 spiro atoms. The monoisotopic (exact) mass is 404 g/mol. The van der Waals surface area contributed by atoms with E-state index >= 15 is 0 Å². The minimum absolute atomic E-state index is 0. The smallest absolute Gasteiger partial charge is 0.222 e. The molecule has 1 aliphatic rings. The lowest BCUT2D eigenvalue weighted by molar-refractivity contribution is -0.130. The summed E-state index contributed by atoms with van der Waals surface area (Å²) in [5, 5.41) is 0. The third-order valence-electron chi connectivity index (χ3n) is 4.71. The maximum atomic E-state index is 12.2. The van der Waals surface area contributed by atoms with Gasteiger partial charge in [0, 0.05) is 25.8 Å². The zero-order valence-electron chi connectivity index (χ0n) is 15.4. The van der Waals surface area contributed by atoms with Crippen molar-refractivity contribution in [1.82, 2.24) is 4.90 Å². The number of rotatable bonds is 8. The molecule has 1 heterocycles. The number of nitrogens with zero attached hydrogens (tertiary/aromatic N) is 1. The van der Waals surface area contributed by atoms with Gasteiger partial charge in [0.1, 0.15) is 5.75 Å². The molecule has 1 aromatic carbocycles. The Kier molecular flexibility index (Phi) is 8.37. The van der Waals surface area contributed by atoms with Gasteiger partial charge >= 0.3 is 0 Å². The molecule has 1 fully saturated rings. The quantitative estimate of drug-likeness (QED) is 0.671. The Balaban J connectivity index is 0.00000338. The number of benzene rings is 1. The number of unbranched alkanes of at least 4 members (excludes halogenated alkanes) is 1. The van der Waals surface area contributed by atoms with Crippen LogP contribution in [0.4, 0.5) is 0 Å². The summed E-state index contributed by atoms with van der Waals surface area (Å²) in [4.78, 5) is 14.4. The highest BCUT2D eigenvalue weighted by Gasteiger charge is 2.34. The topological polar surface area (TPSA) is 89.7 Å². The highest BCUT2D eigenvalue weighted by Crippen LogP contribution is 2.29. The second-order valence-corrected chi connectivity index (χ2v) is 9.14. The van der Waals surface area contributed by atoms with Gasteiger partial charge in [0.15, 0.2) is 9.84 Å². The number of ether oxygens (including phenoxy) is 1. The summed E-state index contributed by atoms with van der Waals surface area (Å²) in [6.45, 7) is 4.80. The van der Waals surface area contributed by atoms with Crippen LogP contribution in [-0.4, -0.2) is 51.7 Å². The first kappa shape index (κ1) is 22.7. The van der Waals surface area contributed by atoms with Crippen LogP contribution in [0.1, 0.15) is 32.6 Å². The molecular formula is C18H29ClN2O4S. The summed E-state index contributed by atoms with van der Waals surface area (Å²) in [7, 11) is -3.18. The molecule has 1 aliphatic heterocycles. The van der Waals surface area contributed by atoms with Crippen molar-refractivity contribution in [2.75, 3.05) is 32.5 Å². The molecule has 2 rings (SSSR count). The molecule has 0 bridgehead atoms. The number of sulfone groups is 1. The molecule has 8 heteroatoms. The normalized spacial score (nSPS) is 19.9. The molecule has 0 radical (unpaired) electrons. The molecular weight excluding hydrogens is 376 g/mol. The molecule has 1 atom stereocenters. The van der Waals surface area contributed by atoms with E-state index in [1.54, 1.807) is 12.1 Å². The maximum Gasteiger partial charge on any atom is 0.222 e. The molecule has 0 aliphatic carbocycles. The third kappa shape index (κ3) is 6.45. The summed E-state index contributed by atoms with van der Waals surface area (Å²) in [6.07, 6.45) is 4.23. The average molecular weight is 405 g/mol. The second kappa shape index (κ2) is 9.58. The van der Waals surface area contributed by atoms with Gasteiger partial charge in [-0.15, -0.1) is 12.4 Å². The number of carbonyl (C=O) groups is 1. The highest BCUT2D eigenvalue weighted by atomic mass is 35.5. The van der Waals surface area contributed by atoms with E-state index in [2.05, 4.69) is 6.92 Å². The standard InChI is InChI=1S/C18H28N2O4S.ClH/c1-18(13-19)10-11-20(14-18)17(21)5-3-4-12-24-15-6-8-16(9-7-15)25(2,22)23;/h6-9H,3-5,10-14,19H2,1-2H3;1H. The first-order valence-corrected chi connectivity index (χ1v) is 10.5. The van der Waals surface area contributed by atoms with Crippen LogP contribution in [0, 0.1) is 5.41 Å². The highest BCUT2D eigenvalue weighted by molar-refractivity contribution is 7.90. The van der Waals surface area contributed by atoms with Gasteiger partial charge in [0.05, 0.1) is 11.5 Å². The van der Waals surface area contributed by atoms with Crippen LogP contribution in [0.2, 0.25) is 0 Å². The van der Waals surface area contributed by atoms with Gasteiger partial charge < -0.3 is 15.4 Å². The predicted molar refractivity (Wildman–Crippen MR) is 105 cm³/mol. The largest absolute Gasteiger partial charge is 0.494 e. The SMILES string of the molecule is CC1(CN)CCN(C(=O)CCCCOc2ccc(S(C)(=O)=O)cc2)C1.Cl. The fourth-order valence-corrected chi connectivity index (χ4v) is 3.54. The number of carbonyl (C=O) groups excluding carboxylic acids is 1. The second-order valence-electron chi connectivity index (χ2n) is 7.13. The molecule has 1 aromatic rings. The Bertz CT molecular complexity index is 694. The zero-order valence-corrected chi connectivity index (χ0v) is 17.1. The van der Waals surface area contributed by atoms with E-state index in [4.69, 9.17) is 10.5 Å². The van der Waals surface area contributed by atoms with Crippen molar-refractivity contribution >= 4 is 28.2 Å². The van der Waals surface area contributed by atoms with Crippen molar-refractivity contribution in [2.45, 2.75) is 37.5 Å². The fraction of sp³-hybridized carbons (Fsp3) is 0.611. The van der Waals surface area contributed by atoms with E-state index in [1.165, 1.54) is 18.4 Å². The van der Waals surface area contributed by atoms with Crippen LogP contribution >= 0.6 is 12.4 Å². The van der Waals surface area contributed by atoms with Gasteiger partial charge in [-0.25, -0.2) is 8.42 Å². The third-order valence-corrected chi connectivity index (χ3v) is 5.84. The summed E-state index contributed by atoms with van der Waals surface area (Å²) >= 11 is 0. The molecule has 148 valence electrons. The lowest BCUT2D eigenvalue weighted by atomic mass is 9.90. The van der Waals surface area contributed by atoms with E-state index in [0.717, 1.165) is 32.4 Å². The van der Waals surface area contributed by atoms with Crippen molar-refractivity contribution in [2.24, 2.45) is 11.1 Å². The van der Waals surface area contributed by atoms with Crippen LogP contribution < -0.4 is 10.5 Å². The molecule has 6 nitrogen and oxygen atoms in total. The minimum Gasteiger partial charge on any atom is -0.494 e. The Hall–Kier alpha value is -1.31. The van der Waals surface area contributed by atoms with E-state index in [-0.39, 0.29) is 28.6 Å². The summed E-state index contributed by atoms with van der Waals surface area (Å²) in [5.41, 5.74) is 5.84. The minimum atomic E-state index is -3.18. The Morgan fingerprint density at radius 3 is 2.46 bits per heavy atom. The number of amides is 1. The Labute approximate surface area is 162 Å². The van der Waals surface area contributed by atoms with Crippen LogP contribution in [0.5, 0.6) is 5.75 Å². The lowest BCUT2D eigenvalue weighted by Gasteiger charge is -2.22. The summed E-state index contributed by atoms with van der Waals surface area (Å²) in [5.74, 6) is 0.826. The van der Waals surface area contributed by atoms with Crippen molar-refractivity contribution in [1.29, 1.82) is 0 Å². The van der Waals surface area contributed by atoms with Gasteiger partial charge in [0.2, 0.25) is 5.91 Å². The van der Waals surface area contributed by atoms with Crippen molar-refractivity contribution in [3.8, 4) is 5.75 Å². The fourth-order valence-electron chi connectivity index (χ4n) is 2.91. The van der Waals surface area contributed by atoms with E-state index < -0.39 is 9.84 Å². The molecule has 26 heavy (non-hydrogen) atoms. The number of halogens is 1. The van der Waals surface area contributed by atoms with Crippen molar-refractivity contribution < 1.29 is 17.9 Å². The van der Waals surface area contributed by atoms with Gasteiger partial charge in [0.25, 0.3) is 0 Å². The number of hydrogen-bond acceptors (Lipinski definition) is 5. The van der Waals surface area contributed by atoms with Gasteiger partial charge in [-0.1, -0.05) is 6.92 Å². The maximum absolute atomic E-state index is 12.2. The van der Waals surface area contributed by atoms with Crippen LogP contribution in [0.15, 0.2) is 29.2 Å². The summed E-state index contributed by atoms with van der Waals surface area (Å²) < 4.78 is 28.4. The van der Waals surface area contributed by atoms with Gasteiger partial charge in [-0.2, -0.15) is 0 Å². The molecule has 1 unspecified atom stereocenters. The predicted octanol–water partition coefficient (Wildman–Crippen LogP) is 2.26. The molecule has 0 aromatic heterocycles. The van der Waals surface area contributed by atoms with Crippen molar-refractivity contribution in [3.05, 3.63) is 24.3 Å². The van der Waals surface area contributed by atoms with Gasteiger partial charge in [-0.3, -0.25) is 4.79 Å². The lowest BCUT2D eigenvalue weighted by Crippen LogP contribution is -2.34. The van der Waals surface area contributed by atoms with E-state index in [9.17, 15) is 13.2 Å². The van der Waals surface area contributed by atoms with Crippen LogP contribution in [0.3, 0.4) is 0 Å². The van der Waals surface area contributed by atoms with E-state index in [1.807, 2.05) is 4.90 Å². The Morgan fingerprint density at radius 2 is 1.92 bits per heavy atom. The van der Waals surface area contributed by atoms with Crippen molar-refractivity contribution in [3.63, 3.8) is 0 Å². The van der Waals surface area contributed by atoms with Gasteiger partial charge in [-0.05, 0) is 55.5 Å². The first-order chi connectivity index (χ1) is 11.7. The molecule has 1 saturated heterocycles. The average Bonchev–Trinajstić information content (AvgIpc) is 2.97. The molecule has 0 saturated carbocycles. The zero-order chi connectivity index (χ0) is 18.5. The van der Waals surface area contributed by atoms with E-state index in [0.29, 0.717) is 25.3 Å². The number of nitrogens with two attached hydrogens (primary N) is 1. The molecule has 1 amide bonds. The summed E-state index contributed by atoms with van der Waals surface area (Å²) in [6, 6.07) is 6.38. The first-order valence-electron chi connectivity index (χ1n) is 8.64. The Morgan fingerprint density at radius 1 is 1.27 bits per heavy atom. The van der Waals surface area contributed by atoms with Crippen LogP contribution in [-0.2, 0) is 14.6 Å². The number of likely N-dealkylation sites (tertiary alicyclic amines) is 1. The van der Waals surface area contributed by atoms with Crippen LogP contribution in [0.25, 0.3) is 0 Å². The number of hydrogen-bond donors (Lipinski definition) is 1.